The summed E-state index contributed by atoms with van der Waals surface area (Å²) in [7, 11) is 0. The van der Waals surface area contributed by atoms with E-state index in [1.807, 2.05) is 60.7 Å². The molecule has 0 saturated carbocycles. The summed E-state index contributed by atoms with van der Waals surface area (Å²) in [4.78, 5) is 22.6. The molecule has 0 radical (unpaired) electrons. The molecule has 1 amide bonds. The number of rotatable bonds is 12. The highest BCUT2D eigenvalue weighted by Gasteiger charge is 2.14. The number of hydrogen-bond acceptors (Lipinski definition) is 4. The molecule has 0 aromatic heterocycles. The van der Waals surface area contributed by atoms with Crippen LogP contribution < -0.4 is 5.32 Å². The molecule has 0 atom stereocenters. The third kappa shape index (κ3) is 8.99. The van der Waals surface area contributed by atoms with Crippen LogP contribution in [0, 0.1) is 0 Å². The highest BCUT2D eigenvalue weighted by atomic mass is 16.5. The van der Waals surface area contributed by atoms with Crippen LogP contribution in [0.5, 0.6) is 0 Å². The second-order valence-corrected chi connectivity index (χ2v) is 6.16. The first-order chi connectivity index (χ1) is 13.1. The van der Waals surface area contributed by atoms with Gasteiger partial charge in [-0.05, 0) is 11.1 Å². The third-order valence-electron chi connectivity index (χ3n) is 3.79. The van der Waals surface area contributed by atoms with E-state index in [0.29, 0.717) is 13.2 Å². The number of hydrogen-bond donors (Lipinski definition) is 2. The van der Waals surface area contributed by atoms with E-state index in [1.54, 1.807) is 0 Å². The predicted molar refractivity (Wildman–Crippen MR) is 101 cm³/mol. The quantitative estimate of drug-likeness (QED) is 0.599. The number of nitrogens with one attached hydrogen (secondary N) is 1. The van der Waals surface area contributed by atoms with Crippen molar-refractivity contribution in [3.63, 3.8) is 0 Å². The van der Waals surface area contributed by atoms with E-state index in [9.17, 15) is 9.59 Å². The van der Waals surface area contributed by atoms with Crippen molar-refractivity contribution in [2.75, 3.05) is 13.2 Å². The van der Waals surface area contributed by atoms with Gasteiger partial charge in [0.15, 0.2) is 0 Å². The van der Waals surface area contributed by atoms with Crippen molar-refractivity contribution in [3.8, 4) is 0 Å². The molecule has 0 aliphatic carbocycles. The molecule has 0 fully saturated rings. The molecule has 0 heterocycles. The van der Waals surface area contributed by atoms with Crippen molar-refractivity contribution in [1.29, 1.82) is 0 Å². The SMILES string of the molecule is O=C(O)CCC(=O)NC(COCc1ccccc1)COCc1ccccc1. The molecule has 2 aromatic rings. The molecular weight excluding hydrogens is 346 g/mol. The van der Waals surface area contributed by atoms with E-state index >= 15 is 0 Å². The smallest absolute Gasteiger partial charge is 0.303 e. The number of carboxylic acid groups (broad SMARTS) is 1. The first-order valence-corrected chi connectivity index (χ1v) is 8.88. The summed E-state index contributed by atoms with van der Waals surface area (Å²) in [6.45, 7) is 1.42. The van der Waals surface area contributed by atoms with Crippen LogP contribution in [0.4, 0.5) is 0 Å². The van der Waals surface area contributed by atoms with Gasteiger partial charge in [-0.15, -0.1) is 0 Å². The number of aliphatic carboxylic acids is 1. The summed E-state index contributed by atoms with van der Waals surface area (Å²) < 4.78 is 11.4. The van der Waals surface area contributed by atoms with E-state index in [4.69, 9.17) is 14.6 Å². The van der Waals surface area contributed by atoms with Gasteiger partial charge in [0.25, 0.3) is 0 Å². The lowest BCUT2D eigenvalue weighted by Gasteiger charge is -2.19. The number of benzene rings is 2. The molecular formula is C21H25NO5. The third-order valence-corrected chi connectivity index (χ3v) is 3.79. The van der Waals surface area contributed by atoms with Gasteiger partial charge in [0.1, 0.15) is 0 Å². The average Bonchev–Trinajstić information content (AvgIpc) is 2.68. The fourth-order valence-corrected chi connectivity index (χ4v) is 2.44. The van der Waals surface area contributed by atoms with Crippen molar-refractivity contribution >= 4 is 11.9 Å². The zero-order valence-corrected chi connectivity index (χ0v) is 15.2. The van der Waals surface area contributed by atoms with Gasteiger partial charge >= 0.3 is 5.97 Å². The van der Waals surface area contributed by atoms with Crippen LogP contribution in [0.25, 0.3) is 0 Å². The van der Waals surface area contributed by atoms with Crippen LogP contribution in [0.15, 0.2) is 60.7 Å². The topological polar surface area (TPSA) is 84.9 Å². The molecule has 0 saturated heterocycles. The zero-order valence-electron chi connectivity index (χ0n) is 15.2. The summed E-state index contributed by atoms with van der Waals surface area (Å²) in [6, 6.07) is 19.1. The Morgan fingerprint density at radius 1 is 0.815 bits per heavy atom. The van der Waals surface area contributed by atoms with Crippen molar-refractivity contribution in [2.45, 2.75) is 32.1 Å². The lowest BCUT2D eigenvalue weighted by atomic mass is 10.2. The second kappa shape index (κ2) is 11.8. The van der Waals surface area contributed by atoms with E-state index in [0.717, 1.165) is 11.1 Å². The van der Waals surface area contributed by atoms with Gasteiger partial charge in [0.05, 0.1) is 38.9 Å². The van der Waals surface area contributed by atoms with Crippen LogP contribution in [-0.4, -0.2) is 36.2 Å². The largest absolute Gasteiger partial charge is 0.481 e. The van der Waals surface area contributed by atoms with E-state index in [1.165, 1.54) is 0 Å². The fraction of sp³-hybridized carbons (Fsp3) is 0.333. The van der Waals surface area contributed by atoms with Gasteiger partial charge in [-0.3, -0.25) is 9.59 Å². The summed E-state index contributed by atoms with van der Waals surface area (Å²) in [6.07, 6.45) is -0.266. The Balaban J connectivity index is 1.80. The molecule has 6 nitrogen and oxygen atoms in total. The number of carbonyl (C=O) groups excluding carboxylic acids is 1. The maximum absolute atomic E-state index is 11.9. The van der Waals surface area contributed by atoms with Crippen LogP contribution in [-0.2, 0) is 32.3 Å². The summed E-state index contributed by atoms with van der Waals surface area (Å²) in [5, 5.41) is 11.5. The van der Waals surface area contributed by atoms with Crippen LogP contribution in [0.2, 0.25) is 0 Å². The molecule has 0 bridgehead atoms. The Morgan fingerprint density at radius 2 is 1.30 bits per heavy atom. The lowest BCUT2D eigenvalue weighted by Crippen LogP contribution is -2.41. The minimum Gasteiger partial charge on any atom is -0.481 e. The maximum atomic E-state index is 11.9. The first-order valence-electron chi connectivity index (χ1n) is 8.88. The Morgan fingerprint density at radius 3 is 1.74 bits per heavy atom. The van der Waals surface area contributed by atoms with Gasteiger partial charge < -0.3 is 19.9 Å². The number of carbonyl (C=O) groups is 2. The number of carboxylic acids is 1. The molecule has 2 rings (SSSR count). The molecule has 0 unspecified atom stereocenters. The van der Waals surface area contributed by atoms with Crippen LogP contribution >= 0.6 is 0 Å². The zero-order chi connectivity index (χ0) is 19.3. The van der Waals surface area contributed by atoms with Crippen molar-refractivity contribution < 1.29 is 24.2 Å². The molecule has 27 heavy (non-hydrogen) atoms. The molecule has 0 aliphatic rings. The van der Waals surface area contributed by atoms with Crippen LogP contribution in [0.1, 0.15) is 24.0 Å². The first kappa shape index (κ1) is 20.6. The Hall–Kier alpha value is -2.70. The molecule has 2 aromatic carbocycles. The summed E-state index contributed by atoms with van der Waals surface area (Å²) in [5.74, 6) is -1.32. The number of amides is 1. The standard InChI is InChI=1S/C21H25NO5/c23-20(11-12-21(24)25)22-19(15-26-13-17-7-3-1-4-8-17)16-27-14-18-9-5-2-6-10-18/h1-10,19H,11-16H2,(H,22,23)(H,24,25). The average molecular weight is 371 g/mol. The number of ether oxygens (including phenoxy) is 2. The fourth-order valence-electron chi connectivity index (χ4n) is 2.44. The predicted octanol–water partition coefficient (Wildman–Crippen LogP) is 2.77. The highest BCUT2D eigenvalue weighted by Crippen LogP contribution is 2.04. The second-order valence-electron chi connectivity index (χ2n) is 6.16. The molecule has 0 aliphatic heterocycles. The molecule has 6 heteroatoms. The van der Waals surface area contributed by atoms with E-state index in [2.05, 4.69) is 5.32 Å². The highest BCUT2D eigenvalue weighted by molar-refractivity contribution is 5.80. The molecule has 0 spiro atoms. The van der Waals surface area contributed by atoms with Crippen molar-refractivity contribution in [3.05, 3.63) is 71.8 Å². The van der Waals surface area contributed by atoms with Gasteiger partial charge in [0, 0.05) is 6.42 Å². The van der Waals surface area contributed by atoms with E-state index in [-0.39, 0.29) is 38.0 Å². The van der Waals surface area contributed by atoms with Crippen molar-refractivity contribution in [1.82, 2.24) is 5.32 Å². The molecule has 2 N–H and O–H groups in total. The van der Waals surface area contributed by atoms with Gasteiger partial charge in [0.2, 0.25) is 5.91 Å². The van der Waals surface area contributed by atoms with Crippen LogP contribution in [0.3, 0.4) is 0 Å². The van der Waals surface area contributed by atoms with Gasteiger partial charge in [-0.25, -0.2) is 0 Å². The van der Waals surface area contributed by atoms with Gasteiger partial charge in [-0.1, -0.05) is 60.7 Å². The molecule has 144 valence electrons. The summed E-state index contributed by atoms with van der Waals surface area (Å²) in [5.41, 5.74) is 2.08. The van der Waals surface area contributed by atoms with E-state index < -0.39 is 5.97 Å². The normalized spacial score (nSPS) is 10.7. The van der Waals surface area contributed by atoms with Crippen molar-refractivity contribution in [2.24, 2.45) is 0 Å². The minimum atomic E-state index is -0.998. The summed E-state index contributed by atoms with van der Waals surface area (Å²) >= 11 is 0. The monoisotopic (exact) mass is 371 g/mol. The lowest BCUT2D eigenvalue weighted by molar-refractivity contribution is -0.139. The Kier molecular flexibility index (Phi) is 9.03. The van der Waals surface area contributed by atoms with Gasteiger partial charge in [-0.2, -0.15) is 0 Å². The Labute approximate surface area is 159 Å². The Bertz CT molecular complexity index is 645. The maximum Gasteiger partial charge on any atom is 0.303 e. The minimum absolute atomic E-state index is 0.0663.